The van der Waals surface area contributed by atoms with E-state index in [0.29, 0.717) is 17.9 Å². The Morgan fingerprint density at radius 3 is 3.00 bits per heavy atom. The Morgan fingerprint density at radius 2 is 2.30 bits per heavy atom. The highest BCUT2D eigenvalue weighted by Crippen LogP contribution is 2.20. The summed E-state index contributed by atoms with van der Waals surface area (Å²) >= 11 is 0. The van der Waals surface area contributed by atoms with E-state index < -0.39 is 11.8 Å². The third-order valence-electron chi connectivity index (χ3n) is 3.54. The number of nitrogens with one attached hydrogen (secondary N) is 1. The van der Waals surface area contributed by atoms with Crippen molar-refractivity contribution in [2.45, 2.75) is 19.3 Å². The van der Waals surface area contributed by atoms with E-state index in [1.54, 1.807) is 18.2 Å². The van der Waals surface area contributed by atoms with Crippen molar-refractivity contribution in [1.82, 2.24) is 5.32 Å². The van der Waals surface area contributed by atoms with Gasteiger partial charge in [-0.05, 0) is 36.1 Å². The van der Waals surface area contributed by atoms with E-state index in [2.05, 4.69) is 11.9 Å². The molecule has 122 valence electrons. The van der Waals surface area contributed by atoms with Gasteiger partial charge >= 0.3 is 5.97 Å². The molecule has 0 saturated carbocycles. The molecule has 0 aromatic heterocycles. The lowest BCUT2D eigenvalue weighted by molar-refractivity contribution is -0.136. The Hall–Kier alpha value is -2.56. The zero-order chi connectivity index (χ0) is 16.7. The average Bonchev–Trinajstić information content (AvgIpc) is 2.94. The van der Waals surface area contributed by atoms with Crippen molar-refractivity contribution in [3.63, 3.8) is 0 Å². The number of benzene rings is 1. The SMILES string of the molecule is C=C/C=C1/CCN/C1=C\COc1ccc(CCC(=O)O)c(F)c1. The van der Waals surface area contributed by atoms with Gasteiger partial charge in [0.2, 0.25) is 0 Å². The Labute approximate surface area is 135 Å². The first-order valence-electron chi connectivity index (χ1n) is 7.49. The van der Waals surface area contributed by atoms with E-state index in [9.17, 15) is 9.18 Å². The van der Waals surface area contributed by atoms with Crippen LogP contribution >= 0.6 is 0 Å². The number of aryl methyl sites for hydroxylation is 1. The highest BCUT2D eigenvalue weighted by atomic mass is 19.1. The van der Waals surface area contributed by atoms with Crippen LogP contribution in [0.25, 0.3) is 0 Å². The maximum Gasteiger partial charge on any atom is 0.303 e. The van der Waals surface area contributed by atoms with Crippen molar-refractivity contribution >= 4 is 5.97 Å². The Balaban J connectivity index is 1.93. The molecular formula is C18H20FNO3. The second-order valence-electron chi connectivity index (χ2n) is 5.18. The van der Waals surface area contributed by atoms with Crippen LogP contribution in [0.3, 0.4) is 0 Å². The van der Waals surface area contributed by atoms with Crippen LogP contribution in [0.15, 0.2) is 54.3 Å². The molecule has 0 aliphatic carbocycles. The van der Waals surface area contributed by atoms with Gasteiger partial charge in [-0.1, -0.05) is 24.8 Å². The molecule has 2 rings (SSSR count). The number of ether oxygens (including phenoxy) is 1. The van der Waals surface area contributed by atoms with Crippen LogP contribution < -0.4 is 10.1 Å². The Kier molecular flexibility index (Phi) is 5.97. The van der Waals surface area contributed by atoms with Gasteiger partial charge in [0, 0.05) is 24.7 Å². The summed E-state index contributed by atoms with van der Waals surface area (Å²) in [4.78, 5) is 10.5. The fraction of sp³-hybridized carbons (Fsp3) is 0.278. The summed E-state index contributed by atoms with van der Waals surface area (Å²) in [6, 6.07) is 4.51. The molecule has 0 spiro atoms. The molecule has 2 N–H and O–H groups in total. The van der Waals surface area contributed by atoms with Crippen molar-refractivity contribution in [2.75, 3.05) is 13.2 Å². The van der Waals surface area contributed by atoms with Crippen LogP contribution in [0.2, 0.25) is 0 Å². The number of halogens is 1. The van der Waals surface area contributed by atoms with Crippen LogP contribution in [0, 0.1) is 5.82 Å². The van der Waals surface area contributed by atoms with Crippen LogP contribution in [0.1, 0.15) is 18.4 Å². The maximum absolute atomic E-state index is 13.9. The van der Waals surface area contributed by atoms with Gasteiger partial charge in [-0.15, -0.1) is 0 Å². The van der Waals surface area contributed by atoms with Gasteiger partial charge in [0.1, 0.15) is 18.2 Å². The van der Waals surface area contributed by atoms with Crippen molar-refractivity contribution in [2.24, 2.45) is 0 Å². The second kappa shape index (κ2) is 8.17. The summed E-state index contributed by atoms with van der Waals surface area (Å²) in [5, 5.41) is 11.9. The molecule has 1 aliphatic rings. The van der Waals surface area contributed by atoms with Gasteiger partial charge in [-0.2, -0.15) is 0 Å². The summed E-state index contributed by atoms with van der Waals surface area (Å²) in [6.07, 6.45) is 6.66. The lowest BCUT2D eigenvalue weighted by Crippen LogP contribution is -2.06. The topological polar surface area (TPSA) is 58.6 Å². The molecule has 0 atom stereocenters. The molecule has 0 radical (unpaired) electrons. The monoisotopic (exact) mass is 317 g/mol. The molecule has 0 amide bonds. The molecule has 1 heterocycles. The third kappa shape index (κ3) is 4.98. The van der Waals surface area contributed by atoms with Crippen LogP contribution in [0.5, 0.6) is 5.75 Å². The number of hydrogen-bond acceptors (Lipinski definition) is 3. The molecular weight excluding hydrogens is 297 g/mol. The lowest BCUT2D eigenvalue weighted by Gasteiger charge is -2.07. The minimum atomic E-state index is -0.941. The highest BCUT2D eigenvalue weighted by molar-refractivity contribution is 5.67. The maximum atomic E-state index is 13.9. The van der Waals surface area contributed by atoms with Gasteiger partial charge in [0.25, 0.3) is 0 Å². The first-order valence-corrected chi connectivity index (χ1v) is 7.49. The number of carbonyl (C=O) groups is 1. The van der Waals surface area contributed by atoms with Gasteiger partial charge in [0.15, 0.2) is 0 Å². The smallest absolute Gasteiger partial charge is 0.303 e. The van der Waals surface area contributed by atoms with Gasteiger partial charge in [-0.25, -0.2) is 4.39 Å². The molecule has 0 unspecified atom stereocenters. The van der Waals surface area contributed by atoms with Gasteiger partial charge < -0.3 is 15.2 Å². The predicted molar refractivity (Wildman–Crippen MR) is 86.8 cm³/mol. The zero-order valence-corrected chi connectivity index (χ0v) is 12.8. The van der Waals surface area contributed by atoms with Crippen molar-refractivity contribution < 1.29 is 19.0 Å². The third-order valence-corrected chi connectivity index (χ3v) is 3.54. The zero-order valence-electron chi connectivity index (χ0n) is 12.8. The van der Waals surface area contributed by atoms with E-state index in [0.717, 1.165) is 18.7 Å². The number of carboxylic acid groups (broad SMARTS) is 1. The summed E-state index contributed by atoms with van der Waals surface area (Å²) in [6.45, 7) is 4.90. The number of hydrogen-bond donors (Lipinski definition) is 2. The normalized spacial score (nSPS) is 17.3. The fourth-order valence-electron chi connectivity index (χ4n) is 2.38. The minimum absolute atomic E-state index is 0.0900. The molecule has 1 aliphatic heterocycles. The lowest BCUT2D eigenvalue weighted by atomic mass is 10.1. The molecule has 1 aromatic rings. The summed E-state index contributed by atoms with van der Waals surface area (Å²) in [7, 11) is 0. The molecule has 23 heavy (non-hydrogen) atoms. The Morgan fingerprint density at radius 1 is 1.48 bits per heavy atom. The molecule has 0 bridgehead atoms. The summed E-state index contributed by atoms with van der Waals surface area (Å²) < 4.78 is 19.4. The molecule has 1 fully saturated rings. The average molecular weight is 317 g/mol. The molecule has 4 nitrogen and oxygen atoms in total. The van der Waals surface area contributed by atoms with E-state index >= 15 is 0 Å². The van der Waals surface area contributed by atoms with Crippen molar-refractivity contribution in [1.29, 1.82) is 0 Å². The van der Waals surface area contributed by atoms with Crippen LogP contribution in [-0.2, 0) is 11.2 Å². The fourth-order valence-corrected chi connectivity index (χ4v) is 2.38. The quantitative estimate of drug-likeness (QED) is 0.811. The Bertz CT molecular complexity index is 650. The second-order valence-corrected chi connectivity index (χ2v) is 5.18. The number of carboxylic acids is 1. The number of aliphatic carboxylic acids is 1. The number of rotatable bonds is 7. The van der Waals surface area contributed by atoms with Crippen molar-refractivity contribution in [3.8, 4) is 5.75 Å². The van der Waals surface area contributed by atoms with Crippen molar-refractivity contribution in [3.05, 3.63) is 65.7 Å². The van der Waals surface area contributed by atoms with Gasteiger partial charge in [0.05, 0.1) is 0 Å². The minimum Gasteiger partial charge on any atom is -0.489 e. The van der Waals surface area contributed by atoms with Crippen LogP contribution in [0.4, 0.5) is 4.39 Å². The van der Waals surface area contributed by atoms with E-state index in [-0.39, 0.29) is 12.8 Å². The molecule has 1 saturated heterocycles. The number of allylic oxidation sites excluding steroid dienone is 3. The van der Waals surface area contributed by atoms with Gasteiger partial charge in [-0.3, -0.25) is 4.79 Å². The molecule has 5 heteroatoms. The van der Waals surface area contributed by atoms with E-state index in [1.807, 2.05) is 12.2 Å². The van der Waals surface area contributed by atoms with Crippen LogP contribution in [-0.4, -0.2) is 24.2 Å². The standard InChI is InChI=1S/C18H20FNO3/c1-2-3-14-8-10-20-17(14)9-11-23-15-6-4-13(16(19)12-15)5-7-18(21)22/h2-4,6,9,12,20H,1,5,7-8,10-11H2,(H,21,22)/b14-3-,17-9-. The first kappa shape index (κ1) is 16.8. The largest absolute Gasteiger partial charge is 0.489 e. The summed E-state index contributed by atoms with van der Waals surface area (Å²) in [5.74, 6) is -0.961. The first-order chi connectivity index (χ1) is 11.1. The van der Waals surface area contributed by atoms with E-state index in [1.165, 1.54) is 11.6 Å². The highest BCUT2D eigenvalue weighted by Gasteiger charge is 2.11. The predicted octanol–water partition coefficient (Wildman–Crippen LogP) is 3.21. The summed E-state index contributed by atoms with van der Waals surface area (Å²) in [5.41, 5.74) is 2.58. The van der Waals surface area contributed by atoms with E-state index in [4.69, 9.17) is 9.84 Å². The molecule has 1 aromatic carbocycles.